The van der Waals surface area contributed by atoms with Gasteiger partial charge in [-0.2, -0.15) is 4.98 Å². The first-order valence-corrected chi connectivity index (χ1v) is 7.85. The summed E-state index contributed by atoms with van der Waals surface area (Å²) in [4.78, 5) is 22.0. The number of hydrogen-bond donors (Lipinski definition) is 0. The van der Waals surface area contributed by atoms with Crippen LogP contribution in [0.4, 0.5) is 8.78 Å². The van der Waals surface area contributed by atoms with Gasteiger partial charge in [0, 0.05) is 43.8 Å². The molecule has 6 nitrogen and oxygen atoms in total. The van der Waals surface area contributed by atoms with E-state index in [4.69, 9.17) is 9.47 Å². The number of rotatable bonds is 4. The second-order valence-corrected chi connectivity index (χ2v) is 5.62. The highest BCUT2D eigenvalue weighted by Crippen LogP contribution is 2.20. The number of hydrogen-bond acceptors (Lipinski definition) is 5. The molecule has 1 amide bonds. The third-order valence-electron chi connectivity index (χ3n) is 3.97. The predicted molar refractivity (Wildman–Crippen MR) is 84.5 cm³/mol. The van der Waals surface area contributed by atoms with Gasteiger partial charge in [0.05, 0.1) is 7.11 Å². The van der Waals surface area contributed by atoms with Crippen LogP contribution in [0.1, 0.15) is 23.2 Å². The van der Waals surface area contributed by atoms with Crippen LogP contribution in [0.3, 0.4) is 0 Å². The minimum Gasteiger partial charge on any atom is -0.474 e. The second kappa shape index (κ2) is 7.42. The molecule has 0 saturated carbocycles. The standard InChI is InChI=1S/C17H17F2N3O3/c1-24-17-20-7-4-15(21-17)25-12-5-8-22(9-6-12)16(23)11-2-3-13(18)14(19)10-11/h2-4,7,10,12H,5-6,8-9H2,1H3. The van der Waals surface area contributed by atoms with Crippen molar-refractivity contribution in [2.24, 2.45) is 0 Å². The van der Waals surface area contributed by atoms with Gasteiger partial charge in [-0.05, 0) is 18.2 Å². The average molecular weight is 349 g/mol. The van der Waals surface area contributed by atoms with E-state index in [-0.39, 0.29) is 23.6 Å². The molecule has 0 aliphatic carbocycles. The number of ether oxygens (including phenoxy) is 2. The average Bonchev–Trinajstić information content (AvgIpc) is 2.64. The summed E-state index contributed by atoms with van der Waals surface area (Å²) in [6.45, 7) is 0.926. The number of piperidine rings is 1. The zero-order chi connectivity index (χ0) is 17.8. The monoisotopic (exact) mass is 349 g/mol. The van der Waals surface area contributed by atoms with Gasteiger partial charge >= 0.3 is 6.01 Å². The number of likely N-dealkylation sites (tertiary alicyclic amines) is 1. The molecule has 0 atom stereocenters. The van der Waals surface area contributed by atoms with E-state index in [1.165, 1.54) is 13.2 Å². The highest BCUT2D eigenvalue weighted by atomic mass is 19.2. The summed E-state index contributed by atoms with van der Waals surface area (Å²) < 4.78 is 37.0. The predicted octanol–water partition coefficient (Wildman–Crippen LogP) is 2.45. The smallest absolute Gasteiger partial charge is 0.319 e. The Hall–Kier alpha value is -2.77. The Morgan fingerprint density at radius 1 is 1.20 bits per heavy atom. The highest BCUT2D eigenvalue weighted by molar-refractivity contribution is 5.94. The molecule has 3 rings (SSSR count). The van der Waals surface area contributed by atoms with Crippen molar-refractivity contribution in [2.45, 2.75) is 18.9 Å². The molecule has 2 heterocycles. The Morgan fingerprint density at radius 3 is 2.64 bits per heavy atom. The van der Waals surface area contributed by atoms with E-state index in [1.54, 1.807) is 17.2 Å². The number of amides is 1. The van der Waals surface area contributed by atoms with E-state index in [0.29, 0.717) is 31.8 Å². The summed E-state index contributed by atoms with van der Waals surface area (Å²) in [5.74, 6) is -1.90. The van der Waals surface area contributed by atoms with E-state index in [1.807, 2.05) is 0 Å². The van der Waals surface area contributed by atoms with Gasteiger partial charge < -0.3 is 14.4 Å². The van der Waals surface area contributed by atoms with Crippen LogP contribution in [0.5, 0.6) is 11.9 Å². The Morgan fingerprint density at radius 2 is 1.96 bits per heavy atom. The summed E-state index contributed by atoms with van der Waals surface area (Å²) in [5, 5.41) is 0. The fourth-order valence-electron chi connectivity index (χ4n) is 2.65. The zero-order valence-corrected chi connectivity index (χ0v) is 13.6. The summed E-state index contributed by atoms with van der Waals surface area (Å²) in [6, 6.07) is 5.04. The van der Waals surface area contributed by atoms with E-state index in [0.717, 1.165) is 12.1 Å². The van der Waals surface area contributed by atoms with Gasteiger partial charge in [-0.1, -0.05) is 0 Å². The Kier molecular flexibility index (Phi) is 5.06. The van der Waals surface area contributed by atoms with E-state index < -0.39 is 11.6 Å². The van der Waals surface area contributed by atoms with Gasteiger partial charge in [-0.15, -0.1) is 0 Å². The summed E-state index contributed by atoms with van der Waals surface area (Å²) in [6.07, 6.45) is 2.68. The van der Waals surface area contributed by atoms with Crippen molar-refractivity contribution >= 4 is 5.91 Å². The zero-order valence-electron chi connectivity index (χ0n) is 13.6. The number of methoxy groups -OCH3 is 1. The van der Waals surface area contributed by atoms with Gasteiger partial charge in [0.15, 0.2) is 11.6 Å². The van der Waals surface area contributed by atoms with Crippen LogP contribution < -0.4 is 9.47 Å². The molecular weight excluding hydrogens is 332 g/mol. The number of nitrogens with zero attached hydrogens (tertiary/aromatic N) is 3. The SMILES string of the molecule is COc1nccc(OC2CCN(C(=O)c3ccc(F)c(F)c3)CC2)n1. The summed E-state index contributed by atoms with van der Waals surface area (Å²) in [7, 11) is 1.47. The molecule has 1 aliphatic heterocycles. The second-order valence-electron chi connectivity index (χ2n) is 5.62. The fraction of sp³-hybridized carbons (Fsp3) is 0.353. The highest BCUT2D eigenvalue weighted by Gasteiger charge is 2.25. The lowest BCUT2D eigenvalue weighted by atomic mass is 10.1. The van der Waals surface area contributed by atoms with Crippen molar-refractivity contribution in [2.75, 3.05) is 20.2 Å². The molecule has 0 spiro atoms. The summed E-state index contributed by atoms with van der Waals surface area (Å²) >= 11 is 0. The molecule has 1 saturated heterocycles. The molecule has 1 aromatic carbocycles. The minimum absolute atomic E-state index is 0.0892. The molecule has 0 radical (unpaired) electrons. The normalized spacial score (nSPS) is 15.1. The van der Waals surface area contributed by atoms with E-state index >= 15 is 0 Å². The maximum Gasteiger partial charge on any atom is 0.319 e. The van der Waals surface area contributed by atoms with Crippen LogP contribution in [-0.4, -0.2) is 47.1 Å². The van der Waals surface area contributed by atoms with Gasteiger partial charge in [0.2, 0.25) is 5.88 Å². The quantitative estimate of drug-likeness (QED) is 0.848. The van der Waals surface area contributed by atoms with Crippen LogP contribution in [0.25, 0.3) is 0 Å². The van der Waals surface area contributed by atoms with Crippen LogP contribution in [0.2, 0.25) is 0 Å². The molecule has 1 fully saturated rings. The van der Waals surface area contributed by atoms with Crippen LogP contribution >= 0.6 is 0 Å². The summed E-state index contributed by atoms with van der Waals surface area (Å²) in [5.41, 5.74) is 0.138. The molecule has 0 unspecified atom stereocenters. The van der Waals surface area contributed by atoms with Crippen molar-refractivity contribution in [1.29, 1.82) is 0 Å². The molecule has 0 bridgehead atoms. The first kappa shape index (κ1) is 17.1. The Labute approximate surface area is 143 Å². The van der Waals surface area contributed by atoms with Crippen LogP contribution in [-0.2, 0) is 0 Å². The fourth-order valence-corrected chi connectivity index (χ4v) is 2.65. The van der Waals surface area contributed by atoms with Crippen LogP contribution in [0, 0.1) is 11.6 Å². The third kappa shape index (κ3) is 4.01. The molecule has 8 heteroatoms. The Bertz CT molecular complexity index is 765. The van der Waals surface area contributed by atoms with Crippen LogP contribution in [0.15, 0.2) is 30.5 Å². The molecule has 25 heavy (non-hydrogen) atoms. The minimum atomic E-state index is -1.03. The molecule has 1 aliphatic rings. The Balaban J connectivity index is 1.57. The molecule has 132 valence electrons. The van der Waals surface area contributed by atoms with Crippen molar-refractivity contribution in [3.8, 4) is 11.9 Å². The maximum absolute atomic E-state index is 13.3. The number of halogens is 2. The largest absolute Gasteiger partial charge is 0.474 e. The van der Waals surface area contributed by atoms with Crippen molar-refractivity contribution < 1.29 is 23.0 Å². The van der Waals surface area contributed by atoms with Gasteiger partial charge in [-0.25, -0.2) is 13.8 Å². The number of carbonyl (C=O) groups is 1. The van der Waals surface area contributed by atoms with Crippen molar-refractivity contribution in [3.63, 3.8) is 0 Å². The third-order valence-corrected chi connectivity index (χ3v) is 3.97. The molecule has 1 aromatic heterocycles. The first-order valence-electron chi connectivity index (χ1n) is 7.85. The van der Waals surface area contributed by atoms with E-state index in [9.17, 15) is 13.6 Å². The topological polar surface area (TPSA) is 64.6 Å². The number of benzene rings is 1. The van der Waals surface area contributed by atoms with Crippen molar-refractivity contribution in [3.05, 3.63) is 47.7 Å². The van der Waals surface area contributed by atoms with E-state index in [2.05, 4.69) is 9.97 Å². The molecule has 0 N–H and O–H groups in total. The lowest BCUT2D eigenvalue weighted by Gasteiger charge is -2.32. The molecular formula is C17H17F2N3O3. The lowest BCUT2D eigenvalue weighted by molar-refractivity contribution is 0.0586. The number of aromatic nitrogens is 2. The maximum atomic E-state index is 13.3. The van der Waals surface area contributed by atoms with Gasteiger partial charge in [0.25, 0.3) is 5.91 Å². The number of carbonyl (C=O) groups excluding carboxylic acids is 1. The van der Waals surface area contributed by atoms with Gasteiger partial charge in [-0.3, -0.25) is 4.79 Å². The lowest BCUT2D eigenvalue weighted by Crippen LogP contribution is -2.41. The first-order chi connectivity index (χ1) is 12.1. The van der Waals surface area contributed by atoms with Crippen molar-refractivity contribution in [1.82, 2.24) is 14.9 Å². The van der Waals surface area contributed by atoms with Gasteiger partial charge in [0.1, 0.15) is 6.10 Å². The molecule has 2 aromatic rings.